The smallest absolute Gasteiger partial charge is 0.305 e. The lowest BCUT2D eigenvalue weighted by atomic mass is 9.94. The van der Waals surface area contributed by atoms with Crippen LogP contribution in [0.2, 0.25) is 0 Å². The van der Waals surface area contributed by atoms with Gasteiger partial charge in [0.2, 0.25) is 0 Å². The third-order valence-corrected chi connectivity index (χ3v) is 3.73. The Hall–Kier alpha value is -1.71. The number of esters is 1. The fourth-order valence-electron chi connectivity index (χ4n) is 2.34. The molecule has 0 aliphatic heterocycles. The van der Waals surface area contributed by atoms with Gasteiger partial charge in [0.1, 0.15) is 5.78 Å². The van der Waals surface area contributed by atoms with E-state index in [2.05, 4.69) is 18.5 Å². The molecule has 0 rings (SSSR count). The molecule has 24 heavy (non-hydrogen) atoms. The fourth-order valence-corrected chi connectivity index (χ4v) is 2.34. The molecule has 4 nitrogen and oxygen atoms in total. The molecule has 0 radical (unpaired) electrons. The Balaban J connectivity index is 4.21. The highest BCUT2D eigenvalue weighted by Crippen LogP contribution is 2.14. The average molecular weight is 335 g/mol. The molecule has 0 aliphatic rings. The van der Waals surface area contributed by atoms with Crippen LogP contribution in [-0.2, 0) is 14.3 Å². The minimum Gasteiger partial charge on any atom is -0.466 e. The molecule has 0 aliphatic carbocycles. The van der Waals surface area contributed by atoms with Crippen molar-refractivity contribution < 1.29 is 14.3 Å². The highest BCUT2D eigenvalue weighted by molar-refractivity contribution is 6.02. The lowest BCUT2D eigenvalue weighted by Gasteiger charge is -2.11. The first kappa shape index (κ1) is 22.3. The second kappa shape index (κ2) is 14.9. The molecule has 1 atom stereocenters. The summed E-state index contributed by atoms with van der Waals surface area (Å²) in [6.07, 6.45) is 10.7. The highest BCUT2D eigenvalue weighted by Gasteiger charge is 2.15. The van der Waals surface area contributed by atoms with E-state index in [1.165, 1.54) is 0 Å². The molecule has 0 saturated heterocycles. The van der Waals surface area contributed by atoms with Crippen molar-refractivity contribution in [2.75, 3.05) is 13.2 Å². The zero-order valence-corrected chi connectivity index (χ0v) is 15.6. The highest BCUT2D eigenvalue weighted by atomic mass is 16.5. The molecule has 0 spiro atoms. The minimum absolute atomic E-state index is 0.0120. The predicted molar refractivity (Wildman–Crippen MR) is 100 cm³/mol. The normalized spacial score (nSPS) is 13.0. The summed E-state index contributed by atoms with van der Waals surface area (Å²) in [7, 11) is 0. The monoisotopic (exact) mass is 335 g/mol. The van der Waals surface area contributed by atoms with Crippen LogP contribution in [0.5, 0.6) is 0 Å². The van der Waals surface area contributed by atoms with Gasteiger partial charge in [0.25, 0.3) is 0 Å². The molecule has 0 bridgehead atoms. The predicted octanol–water partition coefficient (Wildman–Crippen LogP) is 4.69. The van der Waals surface area contributed by atoms with Gasteiger partial charge in [-0.2, -0.15) is 0 Å². The minimum atomic E-state index is -0.151. The van der Waals surface area contributed by atoms with Crippen molar-refractivity contribution in [3.8, 4) is 0 Å². The molecule has 0 aromatic rings. The van der Waals surface area contributed by atoms with E-state index in [1.54, 1.807) is 13.0 Å². The summed E-state index contributed by atoms with van der Waals surface area (Å²) in [6, 6.07) is 0. The average Bonchev–Trinajstić information content (AvgIpc) is 2.55. The van der Waals surface area contributed by atoms with Crippen LogP contribution < -0.4 is 0 Å². The van der Waals surface area contributed by atoms with Gasteiger partial charge in [0, 0.05) is 24.5 Å². The van der Waals surface area contributed by atoms with Gasteiger partial charge in [-0.1, -0.05) is 51.5 Å². The first-order chi connectivity index (χ1) is 11.5. The third kappa shape index (κ3) is 11.8. The number of ether oxygens (including phenoxy) is 1. The van der Waals surface area contributed by atoms with Crippen molar-refractivity contribution in [2.45, 2.75) is 65.7 Å². The number of hydrogen-bond acceptors (Lipinski definition) is 4. The number of Topliss-reactive ketones (excluding diaryl/α,β-unsaturated/α-hetero) is 1. The molecule has 0 fully saturated rings. The van der Waals surface area contributed by atoms with Crippen molar-refractivity contribution in [3.63, 3.8) is 0 Å². The summed E-state index contributed by atoms with van der Waals surface area (Å²) < 4.78 is 4.90. The van der Waals surface area contributed by atoms with Crippen LogP contribution in [-0.4, -0.2) is 30.6 Å². The third-order valence-electron chi connectivity index (χ3n) is 3.73. The van der Waals surface area contributed by atoms with Crippen molar-refractivity contribution in [2.24, 2.45) is 10.9 Å². The number of ketones is 1. The number of rotatable bonds is 14. The Morgan fingerprint density at radius 3 is 2.58 bits per heavy atom. The number of unbranched alkanes of at least 4 members (excludes halogenated alkanes) is 1. The number of allylic oxidation sites excluding steroid dienone is 2. The van der Waals surface area contributed by atoms with Gasteiger partial charge >= 0.3 is 5.97 Å². The molecule has 0 N–H and O–H groups in total. The van der Waals surface area contributed by atoms with E-state index < -0.39 is 0 Å². The maximum atomic E-state index is 12.3. The van der Waals surface area contributed by atoms with Gasteiger partial charge in [-0.05, 0) is 26.2 Å². The van der Waals surface area contributed by atoms with Crippen molar-refractivity contribution >= 4 is 17.5 Å². The van der Waals surface area contributed by atoms with Crippen LogP contribution in [0.4, 0.5) is 0 Å². The fraction of sp³-hybridized carbons (Fsp3) is 0.650. The van der Waals surface area contributed by atoms with E-state index in [0.29, 0.717) is 26.0 Å². The van der Waals surface area contributed by atoms with E-state index in [-0.39, 0.29) is 17.7 Å². The molecule has 0 aromatic heterocycles. The van der Waals surface area contributed by atoms with Gasteiger partial charge in [0.15, 0.2) is 0 Å². The number of hydrogen-bond donors (Lipinski definition) is 0. The van der Waals surface area contributed by atoms with Crippen molar-refractivity contribution in [1.82, 2.24) is 0 Å². The van der Waals surface area contributed by atoms with Crippen LogP contribution in [0.3, 0.4) is 0 Å². The first-order valence-corrected chi connectivity index (χ1v) is 9.03. The molecule has 4 heteroatoms. The summed E-state index contributed by atoms with van der Waals surface area (Å²) >= 11 is 0. The van der Waals surface area contributed by atoms with Crippen LogP contribution in [0, 0.1) is 5.92 Å². The Labute approximate surface area is 147 Å². The summed E-state index contributed by atoms with van der Waals surface area (Å²) in [5, 5.41) is 0. The van der Waals surface area contributed by atoms with E-state index in [1.807, 2.05) is 19.1 Å². The summed E-state index contributed by atoms with van der Waals surface area (Å²) in [6.45, 7) is 10.5. The molecular formula is C20H33NO3. The molecule has 136 valence electrons. The summed E-state index contributed by atoms with van der Waals surface area (Å²) in [5.74, 6) is 0.102. The van der Waals surface area contributed by atoms with Crippen LogP contribution >= 0.6 is 0 Å². The van der Waals surface area contributed by atoms with Crippen molar-refractivity contribution in [3.05, 3.63) is 24.8 Å². The number of carbonyl (C=O) groups is 2. The maximum Gasteiger partial charge on any atom is 0.305 e. The standard InChI is InChI=1S/C20H33NO3/c1-5-8-11-15-21-18(12-6-2)16-19(22)17(4)13-9-10-14-20(23)24-7-3/h5,8,11,17H,1,6-7,9-10,12-16H2,2-4H3/b11-8-,21-18?. The maximum absolute atomic E-state index is 12.3. The van der Waals surface area contributed by atoms with E-state index in [9.17, 15) is 9.59 Å². The quantitative estimate of drug-likeness (QED) is 0.200. The topological polar surface area (TPSA) is 55.7 Å². The van der Waals surface area contributed by atoms with Crippen LogP contribution in [0.1, 0.15) is 65.7 Å². The number of carbonyl (C=O) groups excluding carboxylic acids is 2. The number of aliphatic imine (C=N–C) groups is 1. The Morgan fingerprint density at radius 2 is 1.96 bits per heavy atom. The SMILES string of the molecule is C=C/C=C\CN=C(CCC)CC(=O)C(C)CCCCC(=O)OCC. The van der Waals surface area contributed by atoms with Crippen molar-refractivity contribution in [1.29, 1.82) is 0 Å². The Bertz CT molecular complexity index is 438. The zero-order chi connectivity index (χ0) is 18.2. The van der Waals surface area contributed by atoms with Gasteiger partial charge in [-0.15, -0.1) is 0 Å². The Morgan fingerprint density at radius 1 is 1.21 bits per heavy atom. The van der Waals surface area contributed by atoms with Gasteiger partial charge in [0.05, 0.1) is 13.2 Å². The molecule has 0 amide bonds. The number of nitrogens with zero attached hydrogens (tertiary/aromatic N) is 1. The lowest BCUT2D eigenvalue weighted by molar-refractivity contribution is -0.143. The van der Waals surface area contributed by atoms with Crippen LogP contribution in [0.15, 0.2) is 29.8 Å². The Kier molecular flexibility index (Phi) is 13.8. The molecule has 1 unspecified atom stereocenters. The molecular weight excluding hydrogens is 302 g/mol. The largest absolute Gasteiger partial charge is 0.466 e. The second-order valence-electron chi connectivity index (χ2n) is 5.92. The van der Waals surface area contributed by atoms with Crippen LogP contribution in [0.25, 0.3) is 0 Å². The van der Waals surface area contributed by atoms with Gasteiger partial charge in [-0.25, -0.2) is 0 Å². The van der Waals surface area contributed by atoms with E-state index in [4.69, 9.17) is 4.74 Å². The van der Waals surface area contributed by atoms with Gasteiger partial charge in [-0.3, -0.25) is 14.6 Å². The zero-order valence-electron chi connectivity index (χ0n) is 15.6. The molecule has 0 heterocycles. The summed E-state index contributed by atoms with van der Waals surface area (Å²) in [5.41, 5.74) is 0.981. The van der Waals surface area contributed by atoms with E-state index in [0.717, 1.165) is 37.8 Å². The molecule has 0 aromatic carbocycles. The van der Waals surface area contributed by atoms with Gasteiger partial charge < -0.3 is 4.74 Å². The van der Waals surface area contributed by atoms with E-state index >= 15 is 0 Å². The second-order valence-corrected chi connectivity index (χ2v) is 5.92. The lowest BCUT2D eigenvalue weighted by Crippen LogP contribution is -2.16. The first-order valence-electron chi connectivity index (χ1n) is 9.03. The molecule has 0 saturated carbocycles. The summed E-state index contributed by atoms with van der Waals surface area (Å²) in [4.78, 5) is 28.1.